The van der Waals surface area contributed by atoms with Crippen molar-refractivity contribution in [2.24, 2.45) is 0 Å². The molecule has 0 saturated heterocycles. The van der Waals surface area contributed by atoms with E-state index in [1.807, 2.05) is 19.2 Å². The molecule has 0 atom stereocenters. The minimum absolute atomic E-state index is 0.801. The summed E-state index contributed by atoms with van der Waals surface area (Å²) in [6.45, 7) is 3.94. The molecule has 1 aromatic rings. The number of hydrogen-bond acceptors (Lipinski definition) is 2. The summed E-state index contributed by atoms with van der Waals surface area (Å²) >= 11 is 0. The Morgan fingerprint density at radius 3 is 2.50 bits per heavy atom. The van der Waals surface area contributed by atoms with Gasteiger partial charge in [0.15, 0.2) is 0 Å². The van der Waals surface area contributed by atoms with Gasteiger partial charge in [-0.2, -0.15) is 0 Å². The van der Waals surface area contributed by atoms with E-state index in [9.17, 15) is 0 Å². The van der Waals surface area contributed by atoms with Crippen LogP contribution in [0.15, 0.2) is 24.3 Å². The highest BCUT2D eigenvalue weighted by Gasteiger charge is 1.94. The lowest BCUT2D eigenvalue weighted by Crippen LogP contribution is -2.10. The Morgan fingerprint density at radius 2 is 1.93 bits per heavy atom. The predicted octanol–water partition coefficient (Wildman–Crippen LogP) is 2.24. The van der Waals surface area contributed by atoms with Crippen molar-refractivity contribution in [2.45, 2.75) is 19.8 Å². The van der Waals surface area contributed by atoms with E-state index in [0.29, 0.717) is 0 Å². The molecule has 0 fully saturated rings. The van der Waals surface area contributed by atoms with Crippen molar-refractivity contribution in [2.75, 3.05) is 20.2 Å². The van der Waals surface area contributed by atoms with E-state index in [4.69, 9.17) is 4.74 Å². The topological polar surface area (TPSA) is 21.3 Å². The van der Waals surface area contributed by atoms with Gasteiger partial charge in [-0.05, 0) is 44.1 Å². The highest BCUT2D eigenvalue weighted by Crippen LogP contribution is 2.12. The molecule has 0 spiro atoms. The van der Waals surface area contributed by atoms with Crippen LogP contribution >= 0.6 is 0 Å². The average molecular weight is 193 g/mol. The van der Waals surface area contributed by atoms with Gasteiger partial charge in [0.1, 0.15) is 5.75 Å². The molecular formula is C12H19NO. The SMILES string of the molecule is CCCOc1ccc(CCNC)cc1. The van der Waals surface area contributed by atoms with Crippen molar-refractivity contribution in [1.29, 1.82) is 0 Å². The largest absolute Gasteiger partial charge is 0.494 e. The maximum atomic E-state index is 5.50. The Kier molecular flexibility index (Phi) is 5.08. The van der Waals surface area contributed by atoms with Crippen molar-refractivity contribution < 1.29 is 4.74 Å². The summed E-state index contributed by atoms with van der Waals surface area (Å²) in [5.41, 5.74) is 1.35. The fourth-order valence-electron chi connectivity index (χ4n) is 1.24. The summed E-state index contributed by atoms with van der Waals surface area (Å²) in [5, 5.41) is 3.13. The van der Waals surface area contributed by atoms with Crippen LogP contribution in [-0.2, 0) is 6.42 Å². The van der Waals surface area contributed by atoms with E-state index < -0.39 is 0 Å². The third kappa shape index (κ3) is 3.79. The van der Waals surface area contributed by atoms with E-state index in [1.54, 1.807) is 0 Å². The molecular weight excluding hydrogens is 174 g/mol. The van der Waals surface area contributed by atoms with E-state index >= 15 is 0 Å². The maximum Gasteiger partial charge on any atom is 0.119 e. The molecule has 0 bridgehead atoms. The molecule has 0 saturated carbocycles. The highest BCUT2D eigenvalue weighted by atomic mass is 16.5. The zero-order valence-corrected chi connectivity index (χ0v) is 9.05. The third-order valence-corrected chi connectivity index (χ3v) is 2.06. The van der Waals surface area contributed by atoms with Gasteiger partial charge >= 0.3 is 0 Å². The molecule has 2 nitrogen and oxygen atoms in total. The van der Waals surface area contributed by atoms with E-state index in [1.165, 1.54) is 5.56 Å². The van der Waals surface area contributed by atoms with Crippen LogP contribution in [0, 0.1) is 0 Å². The number of nitrogens with one attached hydrogen (secondary N) is 1. The van der Waals surface area contributed by atoms with Crippen LogP contribution in [0.4, 0.5) is 0 Å². The number of ether oxygens (including phenoxy) is 1. The number of likely N-dealkylation sites (N-methyl/N-ethyl adjacent to an activating group) is 1. The minimum atomic E-state index is 0.801. The first-order valence-corrected chi connectivity index (χ1v) is 5.23. The lowest BCUT2D eigenvalue weighted by molar-refractivity contribution is 0.317. The second kappa shape index (κ2) is 6.44. The summed E-state index contributed by atoms with van der Waals surface area (Å²) < 4.78 is 5.50. The standard InChI is InChI=1S/C12H19NO/c1-3-10-14-12-6-4-11(5-7-12)8-9-13-2/h4-7,13H,3,8-10H2,1-2H3. The van der Waals surface area contributed by atoms with Crippen LogP contribution in [-0.4, -0.2) is 20.2 Å². The summed E-state index contributed by atoms with van der Waals surface area (Å²) in [6.07, 6.45) is 2.13. The fraction of sp³-hybridized carbons (Fsp3) is 0.500. The van der Waals surface area contributed by atoms with Crippen LogP contribution < -0.4 is 10.1 Å². The van der Waals surface area contributed by atoms with Crippen LogP contribution in [0.5, 0.6) is 5.75 Å². The summed E-state index contributed by atoms with van der Waals surface area (Å²) in [5.74, 6) is 0.972. The first kappa shape index (κ1) is 11.1. The normalized spacial score (nSPS) is 10.1. The first-order chi connectivity index (χ1) is 6.86. The first-order valence-electron chi connectivity index (χ1n) is 5.23. The van der Waals surface area contributed by atoms with Crippen molar-refractivity contribution in [3.05, 3.63) is 29.8 Å². The monoisotopic (exact) mass is 193 g/mol. The summed E-state index contributed by atoms with van der Waals surface area (Å²) in [7, 11) is 1.97. The molecule has 14 heavy (non-hydrogen) atoms. The molecule has 0 amide bonds. The maximum absolute atomic E-state index is 5.50. The molecule has 1 N–H and O–H groups in total. The van der Waals surface area contributed by atoms with Crippen LogP contribution in [0.2, 0.25) is 0 Å². The van der Waals surface area contributed by atoms with Gasteiger partial charge in [0.2, 0.25) is 0 Å². The van der Waals surface area contributed by atoms with Crippen LogP contribution in [0.3, 0.4) is 0 Å². The van der Waals surface area contributed by atoms with Crippen molar-refractivity contribution in [3.8, 4) is 5.75 Å². The van der Waals surface area contributed by atoms with Gasteiger partial charge in [0.05, 0.1) is 6.61 Å². The lowest BCUT2D eigenvalue weighted by atomic mass is 10.1. The van der Waals surface area contributed by atoms with Crippen molar-refractivity contribution in [3.63, 3.8) is 0 Å². The molecule has 0 aromatic heterocycles. The Bertz CT molecular complexity index is 216. The molecule has 0 unspecified atom stereocenters. The zero-order chi connectivity index (χ0) is 10.2. The van der Waals surface area contributed by atoms with Gasteiger partial charge in [-0.3, -0.25) is 0 Å². The Morgan fingerprint density at radius 1 is 1.21 bits per heavy atom. The van der Waals surface area contributed by atoms with Crippen LogP contribution in [0.25, 0.3) is 0 Å². The number of hydrogen-bond donors (Lipinski definition) is 1. The predicted molar refractivity (Wildman–Crippen MR) is 59.9 cm³/mol. The quantitative estimate of drug-likeness (QED) is 0.748. The number of benzene rings is 1. The summed E-state index contributed by atoms with van der Waals surface area (Å²) in [4.78, 5) is 0. The van der Waals surface area contributed by atoms with Crippen LogP contribution in [0.1, 0.15) is 18.9 Å². The molecule has 0 heterocycles. The Balaban J connectivity index is 2.42. The highest BCUT2D eigenvalue weighted by molar-refractivity contribution is 5.27. The molecule has 0 aliphatic heterocycles. The fourth-order valence-corrected chi connectivity index (χ4v) is 1.24. The van der Waals surface area contributed by atoms with Gasteiger partial charge in [-0.15, -0.1) is 0 Å². The molecule has 1 rings (SSSR count). The molecule has 0 radical (unpaired) electrons. The number of rotatable bonds is 6. The second-order valence-electron chi connectivity index (χ2n) is 3.35. The zero-order valence-electron chi connectivity index (χ0n) is 9.05. The van der Waals surface area contributed by atoms with Gasteiger partial charge in [-0.25, -0.2) is 0 Å². The average Bonchev–Trinajstić information content (AvgIpc) is 2.25. The van der Waals surface area contributed by atoms with Gasteiger partial charge < -0.3 is 10.1 Å². The summed E-state index contributed by atoms with van der Waals surface area (Å²) in [6, 6.07) is 8.34. The van der Waals surface area contributed by atoms with E-state index in [2.05, 4.69) is 24.4 Å². The van der Waals surface area contributed by atoms with Crippen molar-refractivity contribution in [1.82, 2.24) is 5.32 Å². The minimum Gasteiger partial charge on any atom is -0.494 e. The molecule has 1 aromatic carbocycles. The van der Waals surface area contributed by atoms with E-state index in [0.717, 1.165) is 31.7 Å². The Hall–Kier alpha value is -1.02. The van der Waals surface area contributed by atoms with Crippen molar-refractivity contribution >= 4 is 0 Å². The smallest absolute Gasteiger partial charge is 0.119 e. The van der Waals surface area contributed by atoms with Gasteiger partial charge in [-0.1, -0.05) is 19.1 Å². The lowest BCUT2D eigenvalue weighted by Gasteiger charge is -2.05. The molecule has 0 aliphatic carbocycles. The molecule has 0 aliphatic rings. The molecule has 2 heteroatoms. The second-order valence-corrected chi connectivity index (χ2v) is 3.35. The Labute approximate surface area is 86.3 Å². The van der Waals surface area contributed by atoms with Gasteiger partial charge in [0.25, 0.3) is 0 Å². The van der Waals surface area contributed by atoms with E-state index in [-0.39, 0.29) is 0 Å². The molecule has 78 valence electrons. The third-order valence-electron chi connectivity index (χ3n) is 2.06. The van der Waals surface area contributed by atoms with Gasteiger partial charge in [0, 0.05) is 0 Å².